The first-order chi connectivity index (χ1) is 11.0. The van der Waals surface area contributed by atoms with Crippen molar-refractivity contribution in [2.24, 2.45) is 0 Å². The molecule has 6 heteroatoms. The number of methoxy groups -OCH3 is 1. The Balaban J connectivity index is 1.94. The van der Waals surface area contributed by atoms with E-state index in [1.807, 2.05) is 6.92 Å². The third-order valence-electron chi connectivity index (χ3n) is 4.23. The molecular formula is C17H23NO5. The van der Waals surface area contributed by atoms with E-state index in [1.165, 1.54) is 0 Å². The van der Waals surface area contributed by atoms with E-state index in [1.54, 1.807) is 25.3 Å². The summed E-state index contributed by atoms with van der Waals surface area (Å²) in [5.74, 6) is -0.0890. The van der Waals surface area contributed by atoms with Crippen molar-refractivity contribution in [3.8, 4) is 11.5 Å². The SMILES string of the molecule is COc1ccc(OCC(=O)NC2(C(=O)O)CCCCC2)cc1C. The molecule has 1 fully saturated rings. The van der Waals surface area contributed by atoms with Crippen molar-refractivity contribution < 1.29 is 24.2 Å². The largest absolute Gasteiger partial charge is 0.496 e. The fourth-order valence-corrected chi connectivity index (χ4v) is 2.94. The van der Waals surface area contributed by atoms with Gasteiger partial charge in [-0.2, -0.15) is 0 Å². The Morgan fingerprint density at radius 3 is 2.52 bits per heavy atom. The number of ether oxygens (including phenoxy) is 2. The third kappa shape index (κ3) is 4.15. The molecule has 2 rings (SSSR count). The Morgan fingerprint density at radius 2 is 1.96 bits per heavy atom. The van der Waals surface area contributed by atoms with Crippen LogP contribution in [0, 0.1) is 6.92 Å². The van der Waals surface area contributed by atoms with E-state index in [2.05, 4.69) is 5.32 Å². The Morgan fingerprint density at radius 1 is 1.26 bits per heavy atom. The number of nitrogens with one attached hydrogen (secondary N) is 1. The highest BCUT2D eigenvalue weighted by molar-refractivity contribution is 5.87. The molecule has 23 heavy (non-hydrogen) atoms. The molecule has 1 aliphatic carbocycles. The third-order valence-corrected chi connectivity index (χ3v) is 4.23. The maximum Gasteiger partial charge on any atom is 0.329 e. The molecule has 6 nitrogen and oxygen atoms in total. The standard InChI is InChI=1S/C17H23NO5/c1-12-10-13(6-7-14(12)22-2)23-11-15(19)18-17(16(20)21)8-4-3-5-9-17/h6-7,10H,3-5,8-9,11H2,1-2H3,(H,18,19)(H,20,21). The molecule has 0 atom stereocenters. The quantitative estimate of drug-likeness (QED) is 0.839. The molecule has 0 aliphatic heterocycles. The maximum absolute atomic E-state index is 12.1. The van der Waals surface area contributed by atoms with Crippen LogP contribution in [0.4, 0.5) is 0 Å². The second-order valence-corrected chi connectivity index (χ2v) is 5.92. The van der Waals surface area contributed by atoms with E-state index >= 15 is 0 Å². The van der Waals surface area contributed by atoms with Gasteiger partial charge in [0.2, 0.25) is 0 Å². The monoisotopic (exact) mass is 321 g/mol. The number of hydrogen-bond acceptors (Lipinski definition) is 4. The minimum atomic E-state index is -1.14. The lowest BCUT2D eigenvalue weighted by Gasteiger charge is -2.33. The molecular weight excluding hydrogens is 298 g/mol. The van der Waals surface area contributed by atoms with Gasteiger partial charge in [0.25, 0.3) is 5.91 Å². The molecule has 1 aromatic rings. The number of amides is 1. The summed E-state index contributed by atoms with van der Waals surface area (Å²) in [7, 11) is 1.59. The van der Waals surface area contributed by atoms with Gasteiger partial charge in [0.1, 0.15) is 17.0 Å². The molecule has 0 spiro atoms. The summed E-state index contributed by atoms with van der Waals surface area (Å²) >= 11 is 0. The summed E-state index contributed by atoms with van der Waals surface area (Å²) in [6, 6.07) is 5.26. The minimum absolute atomic E-state index is 0.208. The van der Waals surface area contributed by atoms with E-state index in [0.717, 1.165) is 30.6 Å². The molecule has 1 saturated carbocycles. The first-order valence-electron chi connectivity index (χ1n) is 7.79. The topological polar surface area (TPSA) is 84.9 Å². The summed E-state index contributed by atoms with van der Waals surface area (Å²) < 4.78 is 10.6. The molecule has 0 radical (unpaired) electrons. The molecule has 126 valence electrons. The van der Waals surface area contributed by atoms with Crippen LogP contribution in [0.2, 0.25) is 0 Å². The molecule has 2 N–H and O–H groups in total. The predicted octanol–water partition coefficient (Wildman–Crippen LogP) is 2.29. The molecule has 1 aromatic carbocycles. The van der Waals surface area contributed by atoms with Gasteiger partial charge in [0, 0.05) is 0 Å². The predicted molar refractivity (Wildman–Crippen MR) is 84.8 cm³/mol. The highest BCUT2D eigenvalue weighted by Gasteiger charge is 2.40. The first kappa shape index (κ1) is 17.1. The number of hydrogen-bond donors (Lipinski definition) is 2. The lowest BCUT2D eigenvalue weighted by molar-refractivity contribution is -0.149. The van der Waals surface area contributed by atoms with E-state index in [0.29, 0.717) is 18.6 Å². The molecule has 0 aromatic heterocycles. The van der Waals surface area contributed by atoms with Gasteiger partial charge in [-0.15, -0.1) is 0 Å². The summed E-state index contributed by atoms with van der Waals surface area (Å²) in [4.78, 5) is 23.6. The average Bonchev–Trinajstić information content (AvgIpc) is 2.54. The summed E-state index contributed by atoms with van der Waals surface area (Å²) in [5.41, 5.74) is -0.242. The lowest BCUT2D eigenvalue weighted by atomic mass is 9.81. The van der Waals surface area contributed by atoms with Gasteiger partial charge in [-0.3, -0.25) is 4.79 Å². The van der Waals surface area contributed by atoms with Gasteiger partial charge < -0.3 is 19.9 Å². The number of rotatable bonds is 6. The van der Waals surface area contributed by atoms with Crippen LogP contribution in [-0.4, -0.2) is 36.2 Å². The summed E-state index contributed by atoms with van der Waals surface area (Å²) in [6.45, 7) is 1.67. The fraction of sp³-hybridized carbons (Fsp3) is 0.529. The van der Waals surface area contributed by atoms with Crippen molar-refractivity contribution in [2.75, 3.05) is 13.7 Å². The Bertz CT molecular complexity index is 578. The zero-order chi connectivity index (χ0) is 16.9. The van der Waals surface area contributed by atoms with Crippen molar-refractivity contribution in [3.05, 3.63) is 23.8 Å². The summed E-state index contributed by atoms with van der Waals surface area (Å²) in [6.07, 6.45) is 3.56. The van der Waals surface area contributed by atoms with E-state index in [-0.39, 0.29) is 6.61 Å². The highest BCUT2D eigenvalue weighted by Crippen LogP contribution is 2.28. The van der Waals surface area contributed by atoms with Crippen LogP contribution in [-0.2, 0) is 9.59 Å². The first-order valence-corrected chi connectivity index (χ1v) is 7.79. The van der Waals surface area contributed by atoms with Crippen molar-refractivity contribution in [2.45, 2.75) is 44.6 Å². The van der Waals surface area contributed by atoms with Crippen LogP contribution in [0.15, 0.2) is 18.2 Å². The van der Waals surface area contributed by atoms with Gasteiger partial charge in [-0.1, -0.05) is 19.3 Å². The fourth-order valence-electron chi connectivity index (χ4n) is 2.94. The molecule has 1 aliphatic rings. The van der Waals surface area contributed by atoms with Gasteiger partial charge in [0.15, 0.2) is 6.61 Å². The van der Waals surface area contributed by atoms with Gasteiger partial charge >= 0.3 is 5.97 Å². The van der Waals surface area contributed by atoms with Crippen molar-refractivity contribution >= 4 is 11.9 Å². The number of benzene rings is 1. The van der Waals surface area contributed by atoms with Crippen LogP contribution in [0.3, 0.4) is 0 Å². The van der Waals surface area contributed by atoms with Crippen LogP contribution < -0.4 is 14.8 Å². The Hall–Kier alpha value is -2.24. The molecule has 0 unspecified atom stereocenters. The van der Waals surface area contributed by atoms with E-state index in [4.69, 9.17) is 9.47 Å². The zero-order valence-electron chi connectivity index (χ0n) is 13.6. The second-order valence-electron chi connectivity index (χ2n) is 5.92. The molecule has 0 bridgehead atoms. The molecule has 0 saturated heterocycles. The highest BCUT2D eigenvalue weighted by atomic mass is 16.5. The van der Waals surface area contributed by atoms with Crippen LogP contribution >= 0.6 is 0 Å². The number of carboxylic acid groups (broad SMARTS) is 1. The maximum atomic E-state index is 12.1. The smallest absolute Gasteiger partial charge is 0.329 e. The van der Waals surface area contributed by atoms with Crippen molar-refractivity contribution in [1.82, 2.24) is 5.32 Å². The Kier molecular flexibility index (Phi) is 5.47. The average molecular weight is 321 g/mol. The number of aryl methyl sites for hydroxylation is 1. The zero-order valence-corrected chi connectivity index (χ0v) is 13.6. The van der Waals surface area contributed by atoms with Crippen molar-refractivity contribution in [3.63, 3.8) is 0 Å². The molecule has 0 heterocycles. The van der Waals surface area contributed by atoms with Gasteiger partial charge in [-0.05, 0) is 43.5 Å². The number of aliphatic carboxylic acids is 1. The lowest BCUT2D eigenvalue weighted by Crippen LogP contribution is -2.56. The number of carboxylic acids is 1. The second kappa shape index (κ2) is 7.35. The Labute approximate surface area is 135 Å². The van der Waals surface area contributed by atoms with Crippen molar-refractivity contribution in [1.29, 1.82) is 0 Å². The van der Waals surface area contributed by atoms with Gasteiger partial charge in [-0.25, -0.2) is 4.79 Å². The number of carbonyl (C=O) groups excluding carboxylic acids is 1. The molecule has 1 amide bonds. The van der Waals surface area contributed by atoms with E-state index in [9.17, 15) is 14.7 Å². The number of carbonyl (C=O) groups is 2. The van der Waals surface area contributed by atoms with E-state index < -0.39 is 17.4 Å². The summed E-state index contributed by atoms with van der Waals surface area (Å²) in [5, 5.41) is 12.1. The van der Waals surface area contributed by atoms with Crippen LogP contribution in [0.1, 0.15) is 37.7 Å². The van der Waals surface area contributed by atoms with Gasteiger partial charge in [0.05, 0.1) is 7.11 Å². The van der Waals surface area contributed by atoms with Crippen LogP contribution in [0.5, 0.6) is 11.5 Å². The van der Waals surface area contributed by atoms with Crippen LogP contribution in [0.25, 0.3) is 0 Å². The normalized spacial score (nSPS) is 16.4. The minimum Gasteiger partial charge on any atom is -0.496 e.